The molecule has 6 heteroatoms. The molecule has 1 saturated heterocycles. The van der Waals surface area contributed by atoms with E-state index in [0.29, 0.717) is 19.7 Å². The Morgan fingerprint density at radius 3 is 2.93 bits per heavy atom. The lowest BCUT2D eigenvalue weighted by molar-refractivity contribution is -0.157. The Balaban J connectivity index is 1.48. The van der Waals surface area contributed by atoms with Crippen molar-refractivity contribution < 1.29 is 13.9 Å². The Morgan fingerprint density at radius 1 is 1.37 bits per heavy atom. The van der Waals surface area contributed by atoms with Crippen molar-refractivity contribution in [2.75, 3.05) is 19.7 Å². The molecule has 2 fully saturated rings. The quantitative estimate of drug-likeness (QED) is 0.896. The van der Waals surface area contributed by atoms with Gasteiger partial charge in [-0.2, -0.15) is 0 Å². The summed E-state index contributed by atoms with van der Waals surface area (Å²) in [6.07, 6.45) is 6.55. The van der Waals surface area contributed by atoms with Crippen LogP contribution in [0.15, 0.2) is 24.4 Å². The van der Waals surface area contributed by atoms with E-state index in [0.717, 1.165) is 35.9 Å². The van der Waals surface area contributed by atoms with Crippen molar-refractivity contribution in [3.05, 3.63) is 35.8 Å². The minimum Gasteiger partial charge on any atom is -0.363 e. The molecule has 1 aromatic heterocycles. The van der Waals surface area contributed by atoms with Crippen molar-refractivity contribution in [1.29, 1.82) is 0 Å². The van der Waals surface area contributed by atoms with Gasteiger partial charge in [0.05, 0.1) is 6.61 Å². The Kier molecular flexibility index (Phi) is 4.95. The summed E-state index contributed by atoms with van der Waals surface area (Å²) in [5.41, 5.74) is 1.25. The highest BCUT2D eigenvalue weighted by Gasteiger charge is 2.40. The largest absolute Gasteiger partial charge is 0.363 e. The van der Waals surface area contributed by atoms with E-state index in [2.05, 4.69) is 16.4 Å². The van der Waals surface area contributed by atoms with Gasteiger partial charge in [-0.05, 0) is 43.5 Å². The zero-order valence-corrected chi connectivity index (χ0v) is 16.1. The van der Waals surface area contributed by atoms with Crippen molar-refractivity contribution in [2.24, 2.45) is 7.05 Å². The van der Waals surface area contributed by atoms with Crippen LogP contribution < -0.4 is 5.32 Å². The number of halogens is 1. The van der Waals surface area contributed by atoms with Crippen LogP contribution in [0.1, 0.15) is 38.2 Å². The predicted octanol–water partition coefficient (Wildman–Crippen LogP) is 2.97. The first-order chi connectivity index (χ1) is 12.9. The fourth-order valence-corrected chi connectivity index (χ4v) is 4.44. The van der Waals surface area contributed by atoms with E-state index < -0.39 is 5.60 Å². The summed E-state index contributed by atoms with van der Waals surface area (Å²) in [6.45, 7) is 4.38. The smallest absolute Gasteiger partial charge is 0.253 e. The molecule has 1 saturated carbocycles. The number of carbonyl (C=O) groups is 1. The topological polar surface area (TPSA) is 46.5 Å². The first-order valence-corrected chi connectivity index (χ1v) is 9.85. The SMILES string of the molecule is Cn1cc(CN2CCO[C@@](C)(C(=O)NC3CCCC3)C2)c2cc(F)ccc21. The standard InChI is InChI=1S/C21H28FN3O2/c1-21(20(26)23-17-5-3-4-6-17)14-25(9-10-27-21)13-15-12-24(2)19-8-7-16(22)11-18(15)19/h7-8,11-12,17H,3-6,9-10,13-14H2,1-2H3,(H,23,26)/t21-/m1/s1. The zero-order valence-electron chi connectivity index (χ0n) is 16.1. The first kappa shape index (κ1) is 18.4. The van der Waals surface area contributed by atoms with Gasteiger partial charge >= 0.3 is 0 Å². The van der Waals surface area contributed by atoms with Gasteiger partial charge in [0.2, 0.25) is 0 Å². The number of amides is 1. The lowest BCUT2D eigenvalue weighted by atomic mass is 10.0. The third-order valence-electron chi connectivity index (χ3n) is 5.95. The van der Waals surface area contributed by atoms with Crippen LogP contribution in [0, 0.1) is 5.82 Å². The summed E-state index contributed by atoms with van der Waals surface area (Å²) in [7, 11) is 1.97. The molecule has 2 aromatic rings. The molecule has 1 aromatic carbocycles. The molecular formula is C21H28FN3O2. The Bertz CT molecular complexity index is 843. The number of benzene rings is 1. The third-order valence-corrected chi connectivity index (χ3v) is 5.95. The van der Waals surface area contributed by atoms with Crippen molar-refractivity contribution in [3.63, 3.8) is 0 Å². The second kappa shape index (κ2) is 7.24. The molecule has 0 bridgehead atoms. The van der Waals surface area contributed by atoms with Crippen LogP contribution in [0.5, 0.6) is 0 Å². The van der Waals surface area contributed by atoms with Crippen molar-refractivity contribution in [2.45, 2.75) is 50.8 Å². The van der Waals surface area contributed by atoms with Crippen LogP contribution in [0.2, 0.25) is 0 Å². The van der Waals surface area contributed by atoms with E-state index in [1.165, 1.54) is 18.9 Å². The molecule has 0 spiro atoms. The monoisotopic (exact) mass is 373 g/mol. The van der Waals surface area contributed by atoms with E-state index in [1.807, 2.05) is 24.6 Å². The van der Waals surface area contributed by atoms with Gasteiger partial charge in [-0.3, -0.25) is 9.69 Å². The molecule has 1 N–H and O–H groups in total. The fraction of sp³-hybridized carbons (Fsp3) is 0.571. The number of carbonyl (C=O) groups excluding carboxylic acids is 1. The molecule has 1 amide bonds. The van der Waals surface area contributed by atoms with Gasteiger partial charge in [-0.25, -0.2) is 4.39 Å². The van der Waals surface area contributed by atoms with Crippen molar-refractivity contribution in [1.82, 2.24) is 14.8 Å². The van der Waals surface area contributed by atoms with Gasteiger partial charge in [0.25, 0.3) is 5.91 Å². The second-order valence-electron chi connectivity index (χ2n) is 8.17. The van der Waals surface area contributed by atoms with E-state index >= 15 is 0 Å². The number of nitrogens with one attached hydrogen (secondary N) is 1. The Labute approximate surface area is 159 Å². The maximum atomic E-state index is 13.7. The molecule has 146 valence electrons. The molecule has 27 heavy (non-hydrogen) atoms. The lowest BCUT2D eigenvalue weighted by Crippen LogP contribution is -2.59. The summed E-state index contributed by atoms with van der Waals surface area (Å²) >= 11 is 0. The Morgan fingerprint density at radius 2 is 2.15 bits per heavy atom. The molecule has 5 nitrogen and oxygen atoms in total. The number of hydrogen-bond acceptors (Lipinski definition) is 3. The van der Waals surface area contributed by atoms with E-state index in [4.69, 9.17) is 4.74 Å². The molecule has 1 atom stereocenters. The van der Waals surface area contributed by atoms with E-state index in [-0.39, 0.29) is 17.8 Å². The number of nitrogens with zero attached hydrogens (tertiary/aromatic N) is 2. The highest BCUT2D eigenvalue weighted by atomic mass is 19.1. The number of aryl methyl sites for hydroxylation is 1. The molecule has 1 aliphatic heterocycles. The maximum absolute atomic E-state index is 13.7. The minimum absolute atomic E-state index is 0.0111. The van der Waals surface area contributed by atoms with Crippen LogP contribution in [0.3, 0.4) is 0 Å². The molecule has 1 aliphatic carbocycles. The zero-order chi connectivity index (χ0) is 19.0. The second-order valence-corrected chi connectivity index (χ2v) is 8.17. The number of rotatable bonds is 4. The molecular weight excluding hydrogens is 345 g/mol. The lowest BCUT2D eigenvalue weighted by Gasteiger charge is -2.39. The number of morpholine rings is 1. The average molecular weight is 373 g/mol. The van der Waals surface area contributed by atoms with Gasteiger partial charge in [0.1, 0.15) is 5.82 Å². The number of ether oxygens (including phenoxy) is 1. The molecule has 0 radical (unpaired) electrons. The predicted molar refractivity (Wildman–Crippen MR) is 103 cm³/mol. The number of fused-ring (bicyclic) bond motifs is 1. The van der Waals surface area contributed by atoms with Gasteiger partial charge in [-0.1, -0.05) is 12.8 Å². The van der Waals surface area contributed by atoms with Crippen LogP contribution >= 0.6 is 0 Å². The van der Waals surface area contributed by atoms with Crippen molar-refractivity contribution >= 4 is 16.8 Å². The normalized spacial score (nSPS) is 24.6. The van der Waals surface area contributed by atoms with Gasteiger partial charge in [0.15, 0.2) is 5.60 Å². The molecule has 0 unspecified atom stereocenters. The van der Waals surface area contributed by atoms with Crippen LogP contribution in [-0.4, -0.2) is 46.7 Å². The van der Waals surface area contributed by atoms with E-state index in [1.54, 1.807) is 6.07 Å². The summed E-state index contributed by atoms with van der Waals surface area (Å²) in [5, 5.41) is 4.10. The highest BCUT2D eigenvalue weighted by molar-refractivity contribution is 5.86. The fourth-order valence-electron chi connectivity index (χ4n) is 4.44. The Hall–Kier alpha value is -1.92. The maximum Gasteiger partial charge on any atom is 0.253 e. The molecule has 2 aliphatic rings. The van der Waals surface area contributed by atoms with E-state index in [9.17, 15) is 9.18 Å². The summed E-state index contributed by atoms with van der Waals surface area (Å²) < 4.78 is 21.7. The van der Waals surface area contributed by atoms with Crippen LogP contribution in [-0.2, 0) is 23.1 Å². The molecule has 2 heterocycles. The first-order valence-electron chi connectivity index (χ1n) is 9.85. The highest BCUT2D eigenvalue weighted by Crippen LogP contribution is 2.26. The van der Waals surface area contributed by atoms with Crippen LogP contribution in [0.4, 0.5) is 4.39 Å². The number of aromatic nitrogens is 1. The van der Waals surface area contributed by atoms with Gasteiger partial charge < -0.3 is 14.6 Å². The van der Waals surface area contributed by atoms with Crippen LogP contribution in [0.25, 0.3) is 10.9 Å². The molecule has 4 rings (SSSR count). The minimum atomic E-state index is -0.837. The summed E-state index contributed by atoms with van der Waals surface area (Å²) in [6, 6.07) is 5.18. The van der Waals surface area contributed by atoms with Gasteiger partial charge in [-0.15, -0.1) is 0 Å². The van der Waals surface area contributed by atoms with Gasteiger partial charge in [0, 0.05) is 49.8 Å². The summed E-state index contributed by atoms with van der Waals surface area (Å²) in [5.74, 6) is -0.235. The third kappa shape index (κ3) is 3.73. The summed E-state index contributed by atoms with van der Waals surface area (Å²) in [4.78, 5) is 15.1. The number of hydrogen-bond donors (Lipinski definition) is 1. The van der Waals surface area contributed by atoms with Crippen molar-refractivity contribution in [3.8, 4) is 0 Å². The average Bonchev–Trinajstić information content (AvgIpc) is 3.23.